The van der Waals surface area contributed by atoms with Gasteiger partial charge in [-0.25, -0.2) is 12.7 Å². The third kappa shape index (κ3) is 3.85. The summed E-state index contributed by atoms with van der Waals surface area (Å²) in [6.45, 7) is 2.85. The predicted molar refractivity (Wildman–Crippen MR) is 84.8 cm³/mol. The number of nitro benzene ring substituents is 1. The summed E-state index contributed by atoms with van der Waals surface area (Å²) < 4.78 is 24.6. The molecule has 0 radical (unpaired) electrons. The molecule has 0 unspecified atom stereocenters. The number of nitro groups is 1. The first-order valence-corrected chi connectivity index (χ1v) is 9.05. The lowest BCUT2D eigenvalue weighted by molar-refractivity contribution is -0.385. The van der Waals surface area contributed by atoms with Crippen molar-refractivity contribution in [3.63, 3.8) is 0 Å². The first-order valence-electron chi connectivity index (χ1n) is 7.20. The number of benzene rings is 1. The molecule has 0 N–H and O–H groups in total. The molecule has 1 heterocycles. The highest BCUT2D eigenvalue weighted by Gasteiger charge is 2.26. The van der Waals surface area contributed by atoms with Crippen LogP contribution >= 0.6 is 0 Å². The zero-order chi connectivity index (χ0) is 17.2. The predicted octanol–water partition coefficient (Wildman–Crippen LogP) is 1.01. The SMILES string of the molecule is Cc1c(C(=O)N2CCCN(S(C)(=O)=O)CC2)cccc1[N+](=O)[O-]. The van der Waals surface area contributed by atoms with E-state index < -0.39 is 14.9 Å². The smallest absolute Gasteiger partial charge is 0.273 e. The molecule has 0 aromatic heterocycles. The van der Waals surface area contributed by atoms with Gasteiger partial charge in [0.25, 0.3) is 11.6 Å². The molecule has 9 heteroatoms. The van der Waals surface area contributed by atoms with Gasteiger partial charge in [0.15, 0.2) is 0 Å². The van der Waals surface area contributed by atoms with Gasteiger partial charge in [0.05, 0.1) is 11.2 Å². The van der Waals surface area contributed by atoms with Gasteiger partial charge in [0.1, 0.15) is 0 Å². The Bertz CT molecular complexity index is 732. The van der Waals surface area contributed by atoms with E-state index >= 15 is 0 Å². The summed E-state index contributed by atoms with van der Waals surface area (Å²) >= 11 is 0. The largest absolute Gasteiger partial charge is 0.337 e. The van der Waals surface area contributed by atoms with Crippen molar-refractivity contribution in [1.29, 1.82) is 0 Å². The van der Waals surface area contributed by atoms with Crippen molar-refractivity contribution in [2.24, 2.45) is 0 Å². The van der Waals surface area contributed by atoms with Crippen LogP contribution in [0.2, 0.25) is 0 Å². The molecule has 23 heavy (non-hydrogen) atoms. The van der Waals surface area contributed by atoms with E-state index in [1.54, 1.807) is 17.9 Å². The van der Waals surface area contributed by atoms with Gasteiger partial charge in [-0.05, 0) is 19.4 Å². The van der Waals surface area contributed by atoms with E-state index in [0.717, 1.165) is 6.26 Å². The van der Waals surface area contributed by atoms with Gasteiger partial charge in [-0.3, -0.25) is 14.9 Å². The molecule has 0 spiro atoms. The van der Waals surface area contributed by atoms with Crippen LogP contribution in [-0.2, 0) is 10.0 Å². The maximum Gasteiger partial charge on any atom is 0.273 e. The van der Waals surface area contributed by atoms with E-state index in [4.69, 9.17) is 0 Å². The minimum Gasteiger partial charge on any atom is -0.337 e. The summed E-state index contributed by atoms with van der Waals surface area (Å²) in [5.41, 5.74) is 0.516. The topological polar surface area (TPSA) is 101 Å². The Morgan fingerprint density at radius 1 is 1.22 bits per heavy atom. The van der Waals surface area contributed by atoms with E-state index in [9.17, 15) is 23.3 Å². The van der Waals surface area contributed by atoms with Crippen LogP contribution in [0.4, 0.5) is 5.69 Å². The monoisotopic (exact) mass is 341 g/mol. The molecule has 1 aliphatic heterocycles. The van der Waals surface area contributed by atoms with E-state index in [1.165, 1.54) is 16.4 Å². The zero-order valence-corrected chi connectivity index (χ0v) is 13.9. The molecule has 0 saturated carbocycles. The zero-order valence-electron chi connectivity index (χ0n) is 13.1. The molecule has 8 nitrogen and oxygen atoms in total. The average molecular weight is 341 g/mol. The van der Waals surface area contributed by atoms with Crippen LogP contribution in [-0.4, -0.2) is 60.9 Å². The summed E-state index contributed by atoms with van der Waals surface area (Å²) in [6.07, 6.45) is 1.68. The lowest BCUT2D eigenvalue weighted by atomic mass is 10.1. The van der Waals surface area contributed by atoms with Crippen molar-refractivity contribution in [2.45, 2.75) is 13.3 Å². The number of carbonyl (C=O) groups is 1. The highest BCUT2D eigenvalue weighted by Crippen LogP contribution is 2.23. The van der Waals surface area contributed by atoms with Crippen molar-refractivity contribution >= 4 is 21.6 Å². The maximum atomic E-state index is 12.6. The Kier molecular flexibility index (Phi) is 5.00. The fourth-order valence-electron chi connectivity index (χ4n) is 2.65. The summed E-state index contributed by atoms with van der Waals surface area (Å²) in [7, 11) is -3.28. The Labute approximate surface area is 134 Å². The molecule has 0 aliphatic carbocycles. The quantitative estimate of drug-likeness (QED) is 0.603. The molecule has 1 aromatic rings. The van der Waals surface area contributed by atoms with Gasteiger partial charge in [0, 0.05) is 43.4 Å². The Morgan fingerprint density at radius 3 is 2.52 bits per heavy atom. The summed E-state index contributed by atoms with van der Waals surface area (Å²) in [5, 5.41) is 11.0. The molecule has 1 aliphatic rings. The van der Waals surface area contributed by atoms with Crippen molar-refractivity contribution in [3.05, 3.63) is 39.4 Å². The summed E-state index contributed by atoms with van der Waals surface area (Å²) in [6, 6.07) is 4.41. The fraction of sp³-hybridized carbons (Fsp3) is 0.500. The van der Waals surface area contributed by atoms with E-state index in [1.807, 2.05) is 0 Å². The number of carbonyl (C=O) groups excluding carboxylic acids is 1. The van der Waals surface area contributed by atoms with Gasteiger partial charge in [0.2, 0.25) is 10.0 Å². The first-order chi connectivity index (χ1) is 10.7. The van der Waals surface area contributed by atoms with Crippen molar-refractivity contribution in [3.8, 4) is 0 Å². The molecular formula is C14H19N3O5S. The first kappa shape index (κ1) is 17.4. The molecule has 1 amide bonds. The number of hydrogen-bond acceptors (Lipinski definition) is 5. The molecule has 2 rings (SSSR count). The Morgan fingerprint density at radius 2 is 1.91 bits per heavy atom. The van der Waals surface area contributed by atoms with Gasteiger partial charge in [-0.1, -0.05) is 6.07 Å². The highest BCUT2D eigenvalue weighted by atomic mass is 32.2. The van der Waals surface area contributed by atoms with Crippen molar-refractivity contribution in [1.82, 2.24) is 9.21 Å². The molecule has 1 aromatic carbocycles. The number of rotatable bonds is 3. The second-order valence-electron chi connectivity index (χ2n) is 5.51. The summed E-state index contributed by atoms with van der Waals surface area (Å²) in [4.78, 5) is 24.7. The van der Waals surface area contributed by atoms with Crippen LogP contribution in [0, 0.1) is 17.0 Å². The van der Waals surface area contributed by atoms with Crippen molar-refractivity contribution < 1.29 is 18.1 Å². The van der Waals surface area contributed by atoms with E-state index in [-0.39, 0.29) is 30.2 Å². The van der Waals surface area contributed by atoms with Crippen LogP contribution < -0.4 is 0 Å². The lowest BCUT2D eigenvalue weighted by Crippen LogP contribution is -2.37. The maximum absolute atomic E-state index is 12.6. The Hall–Kier alpha value is -2.00. The van der Waals surface area contributed by atoms with Crippen LogP contribution in [0.25, 0.3) is 0 Å². The number of hydrogen-bond donors (Lipinski definition) is 0. The number of sulfonamides is 1. The van der Waals surface area contributed by atoms with Crippen LogP contribution in [0.1, 0.15) is 22.3 Å². The van der Waals surface area contributed by atoms with Crippen molar-refractivity contribution in [2.75, 3.05) is 32.4 Å². The number of amides is 1. The molecule has 0 atom stereocenters. The van der Waals surface area contributed by atoms with Gasteiger partial charge in [-0.15, -0.1) is 0 Å². The lowest BCUT2D eigenvalue weighted by Gasteiger charge is -2.21. The number of nitrogens with zero attached hydrogens (tertiary/aromatic N) is 3. The molecular weight excluding hydrogens is 322 g/mol. The minimum absolute atomic E-state index is 0.0940. The summed E-state index contributed by atoms with van der Waals surface area (Å²) in [5.74, 6) is -0.304. The van der Waals surface area contributed by atoms with Gasteiger partial charge < -0.3 is 4.90 Å². The van der Waals surface area contributed by atoms with E-state index in [2.05, 4.69) is 0 Å². The molecule has 126 valence electrons. The molecule has 1 saturated heterocycles. The minimum atomic E-state index is -3.28. The second kappa shape index (κ2) is 6.63. The third-order valence-electron chi connectivity index (χ3n) is 3.94. The van der Waals surface area contributed by atoms with Gasteiger partial charge >= 0.3 is 0 Å². The average Bonchev–Trinajstić information content (AvgIpc) is 2.72. The van der Waals surface area contributed by atoms with Gasteiger partial charge in [-0.2, -0.15) is 0 Å². The second-order valence-corrected chi connectivity index (χ2v) is 7.50. The van der Waals surface area contributed by atoms with Crippen LogP contribution in [0.5, 0.6) is 0 Å². The standard InChI is InChI=1S/C14H19N3O5S/c1-11-12(5-3-6-13(11)17(19)20)14(18)15-7-4-8-16(10-9-15)23(2,21)22/h3,5-6H,4,7-10H2,1-2H3. The Balaban J connectivity index is 2.22. The van der Waals surface area contributed by atoms with Crippen LogP contribution in [0.15, 0.2) is 18.2 Å². The molecule has 0 bridgehead atoms. The fourth-order valence-corrected chi connectivity index (χ4v) is 3.53. The van der Waals surface area contributed by atoms with Crippen LogP contribution in [0.3, 0.4) is 0 Å². The third-order valence-corrected chi connectivity index (χ3v) is 5.25. The normalized spacial score (nSPS) is 16.9. The van der Waals surface area contributed by atoms with E-state index in [0.29, 0.717) is 25.1 Å². The highest BCUT2D eigenvalue weighted by molar-refractivity contribution is 7.88. The molecule has 1 fully saturated rings.